The van der Waals surface area contributed by atoms with Gasteiger partial charge in [-0.3, -0.25) is 0 Å². The van der Waals surface area contributed by atoms with Crippen LogP contribution in [0, 0.1) is 3.57 Å². The van der Waals surface area contributed by atoms with E-state index in [1.54, 1.807) is 0 Å². The lowest BCUT2D eigenvalue weighted by molar-refractivity contribution is 1.13. The molecule has 0 fully saturated rings. The zero-order valence-electron chi connectivity index (χ0n) is 44.8. The van der Waals surface area contributed by atoms with E-state index < -0.39 is 0 Å². The maximum absolute atomic E-state index is 3.74. The fourth-order valence-corrected chi connectivity index (χ4v) is 12.7. The normalized spacial score (nSPS) is 11.3. The summed E-state index contributed by atoms with van der Waals surface area (Å²) in [7, 11) is 0. The van der Waals surface area contributed by atoms with E-state index in [2.05, 4.69) is 370 Å². The van der Waals surface area contributed by atoms with E-state index in [1.165, 1.54) is 108 Å². The quantitative estimate of drug-likeness (QED) is 0.154. The van der Waals surface area contributed by atoms with Crippen LogP contribution >= 0.6 is 54.5 Å². The second kappa shape index (κ2) is 22.7. The van der Waals surface area contributed by atoms with Gasteiger partial charge in [0.2, 0.25) is 0 Å². The summed E-state index contributed by atoms with van der Waals surface area (Å²) in [6.45, 7) is 0. The first kappa shape index (κ1) is 52.1. The number of nitrogens with one attached hydrogen (secondary N) is 1. The standard InChI is InChI=1S/C38H25BrN2.C26H17BrN2.C12H9I/c39-30-18-21-35-33(24-30)34-25-37-29(22-36(28-12-6-2-7-13-28)41(37)31-14-8-3-9-15-31)23-38(34)40(35)32-19-16-27(17-20-32)26-10-4-1-5-11-26;27-19-11-12-23-21(15-19)22-16-26-18(13-24(22)28-23)14-25(17-7-3-1-4-8-17)29(26)20-9-5-2-6-10-20;13-12-8-6-11(7-9-12)10-4-2-1-3-5-10/h1-25H;1-16,28H;1-9H. The van der Waals surface area contributed by atoms with Gasteiger partial charge in [-0.2, -0.15) is 0 Å². The Morgan fingerprint density at radius 2 is 0.651 bits per heavy atom. The topological polar surface area (TPSA) is 30.6 Å². The van der Waals surface area contributed by atoms with E-state index in [9.17, 15) is 0 Å². The summed E-state index contributed by atoms with van der Waals surface area (Å²) in [6, 6.07) is 108. The average molecular weight is 1310 g/mol. The summed E-state index contributed by atoms with van der Waals surface area (Å²) in [5.41, 5.74) is 20.4. The smallest absolute Gasteiger partial charge is 0.0548 e. The molecule has 16 aromatic rings. The second-order valence-corrected chi connectivity index (χ2v) is 23.7. The van der Waals surface area contributed by atoms with E-state index in [4.69, 9.17) is 0 Å². The molecule has 0 saturated carbocycles. The molecule has 7 heteroatoms. The van der Waals surface area contributed by atoms with Gasteiger partial charge in [0.05, 0.1) is 33.5 Å². The number of aromatic amines is 1. The van der Waals surface area contributed by atoms with Crippen molar-refractivity contribution in [3.8, 4) is 61.8 Å². The van der Waals surface area contributed by atoms with Crippen LogP contribution in [0.2, 0.25) is 0 Å². The van der Waals surface area contributed by atoms with Crippen LogP contribution in [0.25, 0.3) is 127 Å². The molecule has 0 bridgehead atoms. The summed E-state index contributed by atoms with van der Waals surface area (Å²) in [5.74, 6) is 0. The Hall–Kier alpha value is -8.99. The lowest BCUT2D eigenvalue weighted by Gasteiger charge is -2.12. The van der Waals surface area contributed by atoms with Gasteiger partial charge in [-0.15, -0.1) is 0 Å². The fraction of sp³-hybridized carbons (Fsp3) is 0. The molecule has 0 atom stereocenters. The number of halogens is 3. The Bertz CT molecular complexity index is 4940. The molecule has 4 nitrogen and oxygen atoms in total. The zero-order valence-corrected chi connectivity index (χ0v) is 50.2. The maximum atomic E-state index is 3.74. The van der Waals surface area contributed by atoms with Gasteiger partial charge >= 0.3 is 0 Å². The summed E-state index contributed by atoms with van der Waals surface area (Å²) in [5, 5.41) is 7.37. The lowest BCUT2D eigenvalue weighted by Crippen LogP contribution is -1.96. The first-order chi connectivity index (χ1) is 40.9. The van der Waals surface area contributed by atoms with E-state index in [0.717, 1.165) is 31.4 Å². The van der Waals surface area contributed by atoms with Gasteiger partial charge in [-0.05, 0) is 177 Å². The number of para-hydroxylation sites is 2. The number of nitrogens with zero attached hydrogens (tertiary/aromatic N) is 3. The Labute approximate surface area is 512 Å². The third-order valence-electron chi connectivity index (χ3n) is 15.5. The van der Waals surface area contributed by atoms with Gasteiger partial charge in [0.25, 0.3) is 0 Å². The van der Waals surface area contributed by atoms with Gasteiger partial charge < -0.3 is 18.7 Å². The van der Waals surface area contributed by atoms with Gasteiger partial charge in [0, 0.05) is 72.9 Å². The number of hydrogen-bond acceptors (Lipinski definition) is 0. The van der Waals surface area contributed by atoms with Crippen LogP contribution in [0.4, 0.5) is 0 Å². The molecule has 0 aliphatic heterocycles. The number of H-pyrrole nitrogens is 1. The number of hydrogen-bond donors (Lipinski definition) is 1. The average Bonchev–Trinajstić information content (AvgIpc) is 2.47. The first-order valence-electron chi connectivity index (χ1n) is 27.6. The number of rotatable bonds is 7. The lowest BCUT2D eigenvalue weighted by atomic mass is 10.1. The third-order valence-corrected chi connectivity index (χ3v) is 17.2. The highest BCUT2D eigenvalue weighted by Gasteiger charge is 2.20. The van der Waals surface area contributed by atoms with Crippen LogP contribution < -0.4 is 0 Å². The molecule has 83 heavy (non-hydrogen) atoms. The van der Waals surface area contributed by atoms with E-state index in [-0.39, 0.29) is 0 Å². The summed E-state index contributed by atoms with van der Waals surface area (Å²) in [4.78, 5) is 3.58. The molecule has 0 amide bonds. The summed E-state index contributed by atoms with van der Waals surface area (Å²) < 4.78 is 10.6. The largest absolute Gasteiger partial charge is 0.354 e. The van der Waals surface area contributed by atoms with Gasteiger partial charge in [0.15, 0.2) is 0 Å². The molecular weight excluding hydrogens is 1260 g/mol. The van der Waals surface area contributed by atoms with E-state index in [1.807, 2.05) is 6.07 Å². The molecule has 4 aromatic heterocycles. The zero-order chi connectivity index (χ0) is 55.8. The Morgan fingerprint density at radius 3 is 1.17 bits per heavy atom. The third kappa shape index (κ3) is 10.3. The first-order valence-corrected chi connectivity index (χ1v) is 30.3. The van der Waals surface area contributed by atoms with Crippen molar-refractivity contribution in [3.63, 3.8) is 0 Å². The van der Waals surface area contributed by atoms with Crippen LogP contribution in [0.3, 0.4) is 0 Å². The molecule has 0 saturated heterocycles. The molecule has 1 N–H and O–H groups in total. The summed E-state index contributed by atoms with van der Waals surface area (Å²) in [6.07, 6.45) is 0. The Morgan fingerprint density at radius 1 is 0.265 bits per heavy atom. The highest BCUT2D eigenvalue weighted by molar-refractivity contribution is 14.1. The maximum Gasteiger partial charge on any atom is 0.0548 e. The van der Waals surface area contributed by atoms with Crippen LogP contribution in [-0.2, 0) is 0 Å². The van der Waals surface area contributed by atoms with Crippen molar-refractivity contribution in [2.75, 3.05) is 0 Å². The van der Waals surface area contributed by atoms with Gasteiger partial charge in [-0.25, -0.2) is 0 Å². The molecule has 0 aliphatic carbocycles. The van der Waals surface area contributed by atoms with Crippen LogP contribution in [0.15, 0.2) is 312 Å². The predicted molar refractivity (Wildman–Crippen MR) is 367 cm³/mol. The molecular formula is C76H51Br2IN4. The Kier molecular flexibility index (Phi) is 14.3. The number of fused-ring (bicyclic) bond motifs is 8. The minimum Gasteiger partial charge on any atom is -0.354 e. The molecule has 16 rings (SSSR count). The van der Waals surface area contributed by atoms with Crippen molar-refractivity contribution in [1.29, 1.82) is 0 Å². The van der Waals surface area contributed by atoms with E-state index >= 15 is 0 Å². The van der Waals surface area contributed by atoms with Crippen LogP contribution in [0.5, 0.6) is 0 Å². The van der Waals surface area contributed by atoms with E-state index in [0.29, 0.717) is 0 Å². The van der Waals surface area contributed by atoms with Crippen molar-refractivity contribution in [2.24, 2.45) is 0 Å². The predicted octanol–water partition coefficient (Wildman–Crippen LogP) is 22.5. The fourth-order valence-electron chi connectivity index (χ4n) is 11.6. The molecule has 0 unspecified atom stereocenters. The highest BCUT2D eigenvalue weighted by Crippen LogP contribution is 2.41. The molecule has 0 spiro atoms. The molecule has 0 aliphatic rings. The second-order valence-electron chi connectivity index (χ2n) is 20.6. The van der Waals surface area contributed by atoms with Crippen molar-refractivity contribution in [2.45, 2.75) is 0 Å². The number of aromatic nitrogens is 4. The molecule has 396 valence electrons. The monoisotopic (exact) mass is 1300 g/mol. The van der Waals surface area contributed by atoms with Crippen LogP contribution in [-0.4, -0.2) is 18.7 Å². The summed E-state index contributed by atoms with van der Waals surface area (Å²) >= 11 is 9.68. The van der Waals surface area contributed by atoms with Crippen molar-refractivity contribution >= 4 is 120 Å². The highest BCUT2D eigenvalue weighted by atomic mass is 127. The SMILES string of the molecule is Brc1ccc2[nH]c3cc4cc(-c5ccccc5)n(-c5ccccc5)c4cc3c2c1.Brc1ccc2c(c1)c1cc3c(cc(-c4ccccc4)n3-c3ccccc3)cc1n2-c1ccc(-c2ccccc2)cc1.Ic1ccc(-c2ccccc2)cc1. The minimum atomic E-state index is 1.08. The molecule has 0 radical (unpaired) electrons. The molecule has 4 heterocycles. The van der Waals surface area contributed by atoms with Gasteiger partial charge in [0.1, 0.15) is 0 Å². The van der Waals surface area contributed by atoms with Crippen molar-refractivity contribution in [3.05, 3.63) is 316 Å². The van der Waals surface area contributed by atoms with Gasteiger partial charge in [-0.1, -0.05) is 214 Å². The Balaban J connectivity index is 0.000000126. The molecule has 12 aromatic carbocycles. The van der Waals surface area contributed by atoms with Crippen molar-refractivity contribution in [1.82, 2.24) is 18.7 Å². The number of benzene rings is 12. The minimum absolute atomic E-state index is 1.08. The van der Waals surface area contributed by atoms with Crippen LogP contribution in [0.1, 0.15) is 0 Å². The van der Waals surface area contributed by atoms with Crippen molar-refractivity contribution < 1.29 is 0 Å².